The zero-order valence-electron chi connectivity index (χ0n) is 9.15. The Bertz CT molecular complexity index is 166. The maximum atomic E-state index is 2.27. The molecule has 12 heavy (non-hydrogen) atoms. The molecule has 0 atom stereocenters. The van der Waals surface area contributed by atoms with E-state index in [-0.39, 0.29) is 0 Å². The highest BCUT2D eigenvalue weighted by Crippen LogP contribution is 2.10. The lowest BCUT2D eigenvalue weighted by Gasteiger charge is -2.03. The Morgan fingerprint density at radius 3 is 2.08 bits per heavy atom. The van der Waals surface area contributed by atoms with Crippen LogP contribution in [0.3, 0.4) is 0 Å². The van der Waals surface area contributed by atoms with Crippen molar-refractivity contribution in [3.63, 3.8) is 0 Å². The first-order chi connectivity index (χ1) is 5.52. The second-order valence-corrected chi connectivity index (χ2v) is 4.19. The molecule has 0 radical (unpaired) electrons. The number of hydrogen-bond donors (Lipinski definition) is 0. The first-order valence-corrected chi connectivity index (χ1v) is 4.83. The molecule has 70 valence electrons. The van der Waals surface area contributed by atoms with Crippen LogP contribution in [-0.2, 0) is 0 Å². The monoisotopic (exact) mass is 166 g/mol. The van der Waals surface area contributed by atoms with Crippen LogP contribution in [0.15, 0.2) is 23.3 Å². The molecule has 0 saturated carbocycles. The minimum absolute atomic E-state index is 0.819. The number of hydrogen-bond acceptors (Lipinski definition) is 0. The van der Waals surface area contributed by atoms with Crippen LogP contribution < -0.4 is 0 Å². The van der Waals surface area contributed by atoms with Crippen molar-refractivity contribution >= 4 is 0 Å². The summed E-state index contributed by atoms with van der Waals surface area (Å²) in [6.45, 7) is 11.0. The van der Waals surface area contributed by atoms with Gasteiger partial charge in [-0.15, -0.1) is 0 Å². The summed E-state index contributed by atoms with van der Waals surface area (Å²) in [6, 6.07) is 0. The molecule has 0 heterocycles. The molecule has 0 amide bonds. The molecule has 0 aliphatic rings. The molecule has 0 fully saturated rings. The third kappa shape index (κ3) is 7.59. The molecule has 0 aromatic heterocycles. The van der Waals surface area contributed by atoms with Gasteiger partial charge >= 0.3 is 0 Å². The van der Waals surface area contributed by atoms with Crippen molar-refractivity contribution in [1.82, 2.24) is 0 Å². The van der Waals surface area contributed by atoms with Gasteiger partial charge in [0.25, 0.3) is 0 Å². The topological polar surface area (TPSA) is 0 Å². The molecule has 0 nitrogen and oxygen atoms in total. The summed E-state index contributed by atoms with van der Waals surface area (Å²) < 4.78 is 0. The predicted molar refractivity (Wildman–Crippen MR) is 57.3 cm³/mol. The van der Waals surface area contributed by atoms with E-state index in [9.17, 15) is 0 Å². The third-order valence-electron chi connectivity index (χ3n) is 1.82. The zero-order chi connectivity index (χ0) is 9.56. The van der Waals surface area contributed by atoms with Crippen molar-refractivity contribution in [2.45, 2.75) is 47.5 Å². The van der Waals surface area contributed by atoms with Gasteiger partial charge in [-0.25, -0.2) is 0 Å². The lowest BCUT2D eigenvalue weighted by molar-refractivity contribution is 0.584. The maximum Gasteiger partial charge on any atom is -0.0318 e. The predicted octanol–water partition coefficient (Wildman–Crippen LogP) is 4.34. The highest BCUT2D eigenvalue weighted by atomic mass is 14.0. The van der Waals surface area contributed by atoms with Gasteiger partial charge in [-0.1, -0.05) is 37.1 Å². The van der Waals surface area contributed by atoms with Gasteiger partial charge in [0.1, 0.15) is 0 Å². The summed E-state index contributed by atoms with van der Waals surface area (Å²) >= 11 is 0. The second kappa shape index (κ2) is 6.05. The van der Waals surface area contributed by atoms with Gasteiger partial charge in [-0.3, -0.25) is 0 Å². The smallest absolute Gasteiger partial charge is 0.0318 e. The fraction of sp³-hybridized carbons (Fsp3) is 0.667. The highest BCUT2D eigenvalue weighted by Gasteiger charge is 1.93. The van der Waals surface area contributed by atoms with E-state index < -0.39 is 0 Å². The van der Waals surface area contributed by atoms with E-state index in [4.69, 9.17) is 0 Å². The summed E-state index contributed by atoms with van der Waals surface area (Å²) in [5.41, 5.74) is 2.86. The first-order valence-electron chi connectivity index (χ1n) is 4.83. The van der Waals surface area contributed by atoms with Gasteiger partial charge in [0.15, 0.2) is 0 Å². The van der Waals surface area contributed by atoms with Crippen LogP contribution >= 0.6 is 0 Å². The zero-order valence-corrected chi connectivity index (χ0v) is 9.15. The van der Waals surface area contributed by atoms with E-state index in [0.717, 1.165) is 5.92 Å². The van der Waals surface area contributed by atoms with Crippen LogP contribution in [0, 0.1) is 5.92 Å². The van der Waals surface area contributed by atoms with Crippen molar-refractivity contribution in [2.75, 3.05) is 0 Å². The number of allylic oxidation sites excluding steroid dienone is 4. The van der Waals surface area contributed by atoms with Crippen LogP contribution in [0.4, 0.5) is 0 Å². The molecule has 0 aromatic rings. The largest absolute Gasteiger partial charge is 0.0764 e. The van der Waals surface area contributed by atoms with E-state index in [1.807, 2.05) is 0 Å². The van der Waals surface area contributed by atoms with Crippen molar-refractivity contribution in [3.05, 3.63) is 23.3 Å². The second-order valence-electron chi connectivity index (χ2n) is 4.19. The first kappa shape index (κ1) is 11.5. The summed E-state index contributed by atoms with van der Waals surface area (Å²) in [4.78, 5) is 0. The molecule has 0 N–H and O–H groups in total. The lowest BCUT2D eigenvalue weighted by Crippen LogP contribution is -1.87. The van der Waals surface area contributed by atoms with Crippen molar-refractivity contribution < 1.29 is 0 Å². The fourth-order valence-corrected chi connectivity index (χ4v) is 0.909. The molecular formula is C12H22. The number of rotatable bonds is 4. The standard InChI is InChI=1S/C12H22/c1-10(2)6-8-12(5)9-7-11(3)4/h6,8,11H,7,9H2,1-5H3/b12-8+. The van der Waals surface area contributed by atoms with Crippen LogP contribution in [0.1, 0.15) is 47.5 Å². The molecule has 0 rings (SSSR count). The van der Waals surface area contributed by atoms with Gasteiger partial charge in [-0.2, -0.15) is 0 Å². The van der Waals surface area contributed by atoms with E-state index in [1.54, 1.807) is 0 Å². The van der Waals surface area contributed by atoms with Crippen LogP contribution in [0.25, 0.3) is 0 Å². The Morgan fingerprint density at radius 1 is 1.08 bits per heavy atom. The Morgan fingerprint density at radius 2 is 1.67 bits per heavy atom. The van der Waals surface area contributed by atoms with Gasteiger partial charge in [0, 0.05) is 0 Å². The van der Waals surface area contributed by atoms with Crippen molar-refractivity contribution in [2.24, 2.45) is 5.92 Å². The maximum absolute atomic E-state index is 2.27. The average Bonchev–Trinajstić information content (AvgIpc) is 1.96. The molecule has 0 heteroatoms. The minimum atomic E-state index is 0.819. The normalized spacial score (nSPS) is 12.0. The quantitative estimate of drug-likeness (QED) is 0.545. The van der Waals surface area contributed by atoms with Gasteiger partial charge in [0.05, 0.1) is 0 Å². The van der Waals surface area contributed by atoms with Crippen LogP contribution in [-0.4, -0.2) is 0 Å². The Labute approximate surface area is 77.4 Å². The SMILES string of the molecule is CC(C)=C/C=C(\C)CCC(C)C. The Balaban J connectivity index is 3.79. The van der Waals surface area contributed by atoms with E-state index in [0.29, 0.717) is 0 Å². The molecule has 0 unspecified atom stereocenters. The molecule has 0 spiro atoms. The molecule has 0 aliphatic carbocycles. The molecule has 0 aromatic carbocycles. The highest BCUT2D eigenvalue weighted by molar-refractivity contribution is 5.13. The van der Waals surface area contributed by atoms with Gasteiger partial charge < -0.3 is 0 Å². The van der Waals surface area contributed by atoms with Gasteiger partial charge in [0.2, 0.25) is 0 Å². The van der Waals surface area contributed by atoms with Crippen molar-refractivity contribution in [3.8, 4) is 0 Å². The van der Waals surface area contributed by atoms with Crippen molar-refractivity contribution in [1.29, 1.82) is 0 Å². The molecule has 0 bridgehead atoms. The molecular weight excluding hydrogens is 144 g/mol. The van der Waals surface area contributed by atoms with Gasteiger partial charge in [-0.05, 0) is 39.5 Å². The van der Waals surface area contributed by atoms with Crippen LogP contribution in [0.5, 0.6) is 0 Å². The fourth-order valence-electron chi connectivity index (χ4n) is 0.909. The summed E-state index contributed by atoms with van der Waals surface area (Å²) in [5.74, 6) is 0.819. The Hall–Kier alpha value is -0.520. The van der Waals surface area contributed by atoms with E-state index in [2.05, 4.69) is 46.8 Å². The minimum Gasteiger partial charge on any atom is -0.0764 e. The average molecular weight is 166 g/mol. The Kier molecular flexibility index (Phi) is 5.79. The summed E-state index contributed by atoms with van der Waals surface area (Å²) in [5, 5.41) is 0. The van der Waals surface area contributed by atoms with Crippen LogP contribution in [0.2, 0.25) is 0 Å². The summed E-state index contributed by atoms with van der Waals surface area (Å²) in [7, 11) is 0. The molecule has 0 aliphatic heterocycles. The lowest BCUT2D eigenvalue weighted by atomic mass is 10.0. The third-order valence-corrected chi connectivity index (χ3v) is 1.82. The molecule has 0 saturated heterocycles. The summed E-state index contributed by atoms with van der Waals surface area (Å²) in [6.07, 6.45) is 6.97. The van der Waals surface area contributed by atoms with E-state index >= 15 is 0 Å². The van der Waals surface area contributed by atoms with E-state index in [1.165, 1.54) is 24.0 Å².